The molecule has 0 heterocycles. The van der Waals surface area contributed by atoms with E-state index in [0.717, 1.165) is 11.3 Å². The van der Waals surface area contributed by atoms with E-state index >= 15 is 0 Å². The van der Waals surface area contributed by atoms with Crippen LogP contribution in [0.25, 0.3) is 0 Å². The average molecular weight is 212 g/mol. The number of benzene rings is 1. The van der Waals surface area contributed by atoms with E-state index in [4.69, 9.17) is 22.1 Å². The van der Waals surface area contributed by atoms with Crippen LogP contribution in [0.5, 0.6) is 5.75 Å². The molecule has 0 aromatic heterocycles. The standard InChI is InChI=1S/C11H14ClNO/c1-2-9(7-13)8-14-11-5-3-10(12)4-6-11/h2-6H,7-8,13H2,1H3/b9-2+. The van der Waals surface area contributed by atoms with Crippen molar-refractivity contribution in [3.63, 3.8) is 0 Å². The fraction of sp³-hybridized carbons (Fsp3) is 0.273. The van der Waals surface area contributed by atoms with Crippen molar-refractivity contribution < 1.29 is 4.74 Å². The summed E-state index contributed by atoms with van der Waals surface area (Å²) in [6, 6.07) is 7.28. The van der Waals surface area contributed by atoms with Crippen molar-refractivity contribution in [2.75, 3.05) is 13.2 Å². The second-order valence-corrected chi connectivity index (χ2v) is 3.33. The zero-order valence-corrected chi connectivity index (χ0v) is 8.92. The second-order valence-electron chi connectivity index (χ2n) is 2.89. The average Bonchev–Trinajstić information content (AvgIpc) is 2.22. The summed E-state index contributed by atoms with van der Waals surface area (Å²) in [5, 5.41) is 0.711. The van der Waals surface area contributed by atoms with E-state index in [9.17, 15) is 0 Å². The molecule has 0 saturated carbocycles. The predicted molar refractivity (Wildman–Crippen MR) is 59.8 cm³/mol. The van der Waals surface area contributed by atoms with Gasteiger partial charge in [-0.15, -0.1) is 0 Å². The molecule has 0 atom stereocenters. The number of hydrogen-bond acceptors (Lipinski definition) is 2. The van der Waals surface area contributed by atoms with E-state index in [1.807, 2.05) is 25.1 Å². The Labute approximate surface area is 89.3 Å². The van der Waals surface area contributed by atoms with Gasteiger partial charge in [0.2, 0.25) is 0 Å². The van der Waals surface area contributed by atoms with Crippen molar-refractivity contribution in [2.45, 2.75) is 6.92 Å². The van der Waals surface area contributed by atoms with E-state index in [2.05, 4.69) is 0 Å². The van der Waals surface area contributed by atoms with Crippen LogP contribution in [0.2, 0.25) is 5.02 Å². The van der Waals surface area contributed by atoms with Crippen LogP contribution >= 0.6 is 11.6 Å². The molecule has 2 N–H and O–H groups in total. The molecule has 0 bridgehead atoms. The molecule has 1 aromatic rings. The first kappa shape index (κ1) is 11.1. The van der Waals surface area contributed by atoms with Crippen molar-refractivity contribution in [1.82, 2.24) is 0 Å². The maximum Gasteiger partial charge on any atom is 0.119 e. The molecule has 14 heavy (non-hydrogen) atoms. The quantitative estimate of drug-likeness (QED) is 0.778. The molecule has 0 radical (unpaired) electrons. The molecule has 1 rings (SSSR count). The Hall–Kier alpha value is -0.990. The van der Waals surface area contributed by atoms with Gasteiger partial charge in [-0.3, -0.25) is 0 Å². The molecule has 3 heteroatoms. The maximum absolute atomic E-state index is 5.74. The van der Waals surface area contributed by atoms with Gasteiger partial charge in [0.05, 0.1) is 0 Å². The Balaban J connectivity index is 2.49. The lowest BCUT2D eigenvalue weighted by Gasteiger charge is -2.07. The van der Waals surface area contributed by atoms with Crippen LogP contribution in [0.4, 0.5) is 0 Å². The fourth-order valence-corrected chi connectivity index (χ4v) is 1.09. The minimum absolute atomic E-state index is 0.532. The Morgan fingerprint density at radius 3 is 2.57 bits per heavy atom. The molecular formula is C11H14ClNO. The molecular weight excluding hydrogens is 198 g/mol. The summed E-state index contributed by atoms with van der Waals surface area (Å²) in [5.41, 5.74) is 6.59. The molecule has 0 unspecified atom stereocenters. The van der Waals surface area contributed by atoms with Crippen LogP contribution in [0.15, 0.2) is 35.9 Å². The zero-order valence-electron chi connectivity index (χ0n) is 8.16. The Morgan fingerprint density at radius 2 is 2.07 bits per heavy atom. The number of ether oxygens (including phenoxy) is 1. The van der Waals surface area contributed by atoms with Gasteiger partial charge < -0.3 is 10.5 Å². The Bertz CT molecular complexity index is 306. The normalized spacial score (nSPS) is 11.5. The van der Waals surface area contributed by atoms with Gasteiger partial charge in [0.15, 0.2) is 0 Å². The van der Waals surface area contributed by atoms with Gasteiger partial charge in [0.1, 0.15) is 12.4 Å². The molecule has 2 nitrogen and oxygen atoms in total. The van der Waals surface area contributed by atoms with Crippen LogP contribution in [-0.4, -0.2) is 13.2 Å². The highest BCUT2D eigenvalue weighted by Gasteiger charge is 1.96. The van der Waals surface area contributed by atoms with Gasteiger partial charge >= 0.3 is 0 Å². The molecule has 0 amide bonds. The minimum Gasteiger partial charge on any atom is -0.489 e. The van der Waals surface area contributed by atoms with Crippen molar-refractivity contribution in [2.24, 2.45) is 5.73 Å². The summed E-state index contributed by atoms with van der Waals surface area (Å²) in [4.78, 5) is 0. The molecule has 0 aliphatic carbocycles. The highest BCUT2D eigenvalue weighted by atomic mass is 35.5. The summed E-state index contributed by atoms with van der Waals surface area (Å²) in [7, 11) is 0. The molecule has 0 aliphatic heterocycles. The summed E-state index contributed by atoms with van der Waals surface area (Å²) < 4.78 is 5.50. The van der Waals surface area contributed by atoms with Crippen LogP contribution in [-0.2, 0) is 0 Å². The van der Waals surface area contributed by atoms with E-state index in [1.54, 1.807) is 12.1 Å². The van der Waals surface area contributed by atoms with Gasteiger partial charge in [-0.2, -0.15) is 0 Å². The third kappa shape index (κ3) is 3.40. The van der Waals surface area contributed by atoms with E-state index in [-0.39, 0.29) is 0 Å². The smallest absolute Gasteiger partial charge is 0.119 e. The first-order chi connectivity index (χ1) is 6.76. The first-order valence-corrected chi connectivity index (χ1v) is 4.86. The molecule has 0 saturated heterocycles. The topological polar surface area (TPSA) is 35.2 Å². The lowest BCUT2D eigenvalue weighted by atomic mass is 10.3. The zero-order chi connectivity index (χ0) is 10.4. The van der Waals surface area contributed by atoms with Crippen molar-refractivity contribution in [3.05, 3.63) is 40.9 Å². The predicted octanol–water partition coefficient (Wildman–Crippen LogP) is 2.62. The van der Waals surface area contributed by atoms with Gasteiger partial charge in [-0.05, 0) is 36.8 Å². The van der Waals surface area contributed by atoms with Crippen molar-refractivity contribution in [3.8, 4) is 5.75 Å². The van der Waals surface area contributed by atoms with Gasteiger partial charge in [-0.1, -0.05) is 17.7 Å². The molecule has 0 aliphatic rings. The van der Waals surface area contributed by atoms with Gasteiger partial charge in [0.25, 0.3) is 0 Å². The van der Waals surface area contributed by atoms with E-state index in [0.29, 0.717) is 18.2 Å². The summed E-state index contributed by atoms with van der Waals surface area (Å²) in [6.07, 6.45) is 1.97. The third-order valence-electron chi connectivity index (χ3n) is 1.91. The van der Waals surface area contributed by atoms with Crippen LogP contribution < -0.4 is 10.5 Å². The number of rotatable bonds is 4. The largest absolute Gasteiger partial charge is 0.489 e. The highest BCUT2D eigenvalue weighted by Crippen LogP contribution is 2.15. The summed E-state index contributed by atoms with van der Waals surface area (Å²) >= 11 is 5.74. The minimum atomic E-state index is 0.532. The van der Waals surface area contributed by atoms with Crippen LogP contribution in [0.1, 0.15) is 6.92 Å². The summed E-state index contributed by atoms with van der Waals surface area (Å²) in [6.45, 7) is 3.02. The summed E-state index contributed by atoms with van der Waals surface area (Å²) in [5.74, 6) is 0.808. The van der Waals surface area contributed by atoms with Gasteiger partial charge in [-0.25, -0.2) is 0 Å². The van der Waals surface area contributed by atoms with E-state index < -0.39 is 0 Å². The highest BCUT2D eigenvalue weighted by molar-refractivity contribution is 6.30. The van der Waals surface area contributed by atoms with Crippen molar-refractivity contribution >= 4 is 11.6 Å². The first-order valence-electron chi connectivity index (χ1n) is 4.48. The SMILES string of the molecule is C/C=C(\CN)COc1ccc(Cl)cc1. The molecule has 1 aromatic carbocycles. The maximum atomic E-state index is 5.74. The molecule has 76 valence electrons. The Kier molecular flexibility index (Phi) is 4.50. The van der Waals surface area contributed by atoms with E-state index in [1.165, 1.54) is 0 Å². The van der Waals surface area contributed by atoms with Crippen molar-refractivity contribution in [1.29, 1.82) is 0 Å². The lowest BCUT2D eigenvalue weighted by molar-refractivity contribution is 0.350. The Morgan fingerprint density at radius 1 is 1.43 bits per heavy atom. The fourth-order valence-electron chi connectivity index (χ4n) is 0.967. The number of hydrogen-bond donors (Lipinski definition) is 1. The third-order valence-corrected chi connectivity index (χ3v) is 2.16. The number of nitrogens with two attached hydrogens (primary N) is 1. The lowest BCUT2D eigenvalue weighted by Crippen LogP contribution is -2.10. The van der Waals surface area contributed by atoms with Crippen LogP contribution in [0, 0.1) is 0 Å². The van der Waals surface area contributed by atoms with Gasteiger partial charge in [0, 0.05) is 11.6 Å². The number of allylic oxidation sites excluding steroid dienone is 1. The number of halogens is 1. The molecule has 0 fully saturated rings. The monoisotopic (exact) mass is 211 g/mol. The second kappa shape index (κ2) is 5.68. The van der Waals surface area contributed by atoms with Crippen LogP contribution in [0.3, 0.4) is 0 Å². The molecule has 0 spiro atoms.